The van der Waals surface area contributed by atoms with Crippen molar-refractivity contribution in [1.29, 1.82) is 0 Å². The highest BCUT2D eigenvalue weighted by atomic mass is 32.1. The lowest BCUT2D eigenvalue weighted by Crippen LogP contribution is -2.40. The number of amides is 1. The van der Waals surface area contributed by atoms with Gasteiger partial charge in [-0.3, -0.25) is 4.79 Å². The first-order valence-corrected chi connectivity index (χ1v) is 6.12. The second-order valence-electron chi connectivity index (χ2n) is 3.60. The summed E-state index contributed by atoms with van der Waals surface area (Å²) in [6.07, 6.45) is 0. The highest BCUT2D eigenvalue weighted by Gasteiger charge is 2.22. The van der Waals surface area contributed by atoms with Crippen molar-refractivity contribution in [3.8, 4) is 0 Å². The minimum atomic E-state index is -0.0143. The Kier molecular flexibility index (Phi) is 4.76. The van der Waals surface area contributed by atoms with E-state index in [1.807, 2.05) is 19.2 Å². The SMILES string of the molecule is CCN(C(=O)c1sccc1N)C(C)COC. The van der Waals surface area contributed by atoms with Crippen LogP contribution in [0.2, 0.25) is 0 Å². The molecule has 1 amide bonds. The van der Waals surface area contributed by atoms with Gasteiger partial charge >= 0.3 is 0 Å². The summed E-state index contributed by atoms with van der Waals surface area (Å²) in [6.45, 7) is 5.11. The monoisotopic (exact) mass is 242 g/mol. The maximum absolute atomic E-state index is 12.2. The molecule has 0 radical (unpaired) electrons. The fourth-order valence-corrected chi connectivity index (χ4v) is 2.38. The van der Waals surface area contributed by atoms with E-state index < -0.39 is 0 Å². The van der Waals surface area contributed by atoms with Crippen LogP contribution in [0.15, 0.2) is 11.4 Å². The summed E-state index contributed by atoms with van der Waals surface area (Å²) < 4.78 is 5.06. The Morgan fingerprint density at radius 3 is 2.81 bits per heavy atom. The predicted octanol–water partition coefficient (Wildman–Crippen LogP) is 1.83. The van der Waals surface area contributed by atoms with Gasteiger partial charge in [0.05, 0.1) is 18.3 Å². The van der Waals surface area contributed by atoms with Crippen molar-refractivity contribution < 1.29 is 9.53 Å². The molecule has 0 saturated heterocycles. The number of nitrogens with zero attached hydrogens (tertiary/aromatic N) is 1. The first kappa shape index (κ1) is 13.0. The third kappa shape index (κ3) is 2.74. The number of nitrogen functional groups attached to an aromatic ring is 1. The Balaban J connectivity index is 2.81. The molecule has 0 fully saturated rings. The molecular formula is C11H18N2O2S. The molecule has 1 heterocycles. The number of nitrogens with two attached hydrogens (primary N) is 1. The molecule has 4 nitrogen and oxygen atoms in total. The van der Waals surface area contributed by atoms with Gasteiger partial charge in [-0.25, -0.2) is 0 Å². The highest BCUT2D eigenvalue weighted by molar-refractivity contribution is 7.12. The van der Waals surface area contributed by atoms with Gasteiger partial charge in [0.15, 0.2) is 0 Å². The number of carbonyl (C=O) groups is 1. The lowest BCUT2D eigenvalue weighted by Gasteiger charge is -2.27. The van der Waals surface area contributed by atoms with Crippen LogP contribution in [-0.4, -0.2) is 37.1 Å². The van der Waals surface area contributed by atoms with Crippen molar-refractivity contribution in [2.75, 3.05) is 26.0 Å². The van der Waals surface area contributed by atoms with E-state index in [4.69, 9.17) is 10.5 Å². The van der Waals surface area contributed by atoms with Crippen LogP contribution in [0.5, 0.6) is 0 Å². The number of thiophene rings is 1. The van der Waals surface area contributed by atoms with Crippen LogP contribution < -0.4 is 5.73 Å². The quantitative estimate of drug-likeness (QED) is 0.857. The number of hydrogen-bond donors (Lipinski definition) is 1. The van der Waals surface area contributed by atoms with Gasteiger partial charge in [0.25, 0.3) is 5.91 Å². The van der Waals surface area contributed by atoms with Crippen molar-refractivity contribution in [2.45, 2.75) is 19.9 Å². The van der Waals surface area contributed by atoms with Crippen LogP contribution in [0.4, 0.5) is 5.69 Å². The standard InChI is InChI=1S/C11H18N2O2S/c1-4-13(8(2)7-15-3)11(14)10-9(12)5-6-16-10/h5-6,8H,4,7,12H2,1-3H3. The molecule has 0 spiro atoms. The van der Waals surface area contributed by atoms with Crippen LogP contribution in [0.1, 0.15) is 23.5 Å². The van der Waals surface area contributed by atoms with E-state index in [9.17, 15) is 4.79 Å². The second-order valence-corrected chi connectivity index (χ2v) is 4.52. The Morgan fingerprint density at radius 1 is 1.69 bits per heavy atom. The molecule has 16 heavy (non-hydrogen) atoms. The number of carbonyl (C=O) groups excluding carboxylic acids is 1. The molecule has 0 aliphatic rings. The summed E-state index contributed by atoms with van der Waals surface area (Å²) in [7, 11) is 1.63. The summed E-state index contributed by atoms with van der Waals surface area (Å²) in [4.78, 5) is 14.6. The van der Waals surface area contributed by atoms with Crippen molar-refractivity contribution in [3.05, 3.63) is 16.3 Å². The van der Waals surface area contributed by atoms with Crippen molar-refractivity contribution >= 4 is 22.9 Å². The summed E-state index contributed by atoms with van der Waals surface area (Å²) in [6, 6.07) is 1.82. The van der Waals surface area contributed by atoms with Gasteiger partial charge in [0, 0.05) is 13.7 Å². The number of likely N-dealkylation sites (N-methyl/N-ethyl adjacent to an activating group) is 1. The molecule has 5 heteroatoms. The van der Waals surface area contributed by atoms with Crippen LogP contribution in [0.3, 0.4) is 0 Å². The number of rotatable bonds is 5. The molecule has 1 unspecified atom stereocenters. The van der Waals surface area contributed by atoms with E-state index in [1.165, 1.54) is 11.3 Å². The fourth-order valence-electron chi connectivity index (χ4n) is 1.61. The average molecular weight is 242 g/mol. The molecule has 2 N–H and O–H groups in total. The van der Waals surface area contributed by atoms with Crippen LogP contribution in [-0.2, 0) is 4.74 Å². The normalized spacial score (nSPS) is 12.4. The zero-order valence-electron chi connectivity index (χ0n) is 9.90. The molecule has 0 aliphatic carbocycles. The van der Waals surface area contributed by atoms with E-state index in [1.54, 1.807) is 18.1 Å². The van der Waals surface area contributed by atoms with Crippen LogP contribution in [0, 0.1) is 0 Å². The Hall–Kier alpha value is -1.07. The smallest absolute Gasteiger partial charge is 0.266 e. The highest BCUT2D eigenvalue weighted by Crippen LogP contribution is 2.21. The number of anilines is 1. The molecule has 1 rings (SSSR count). The minimum absolute atomic E-state index is 0.0143. The molecular weight excluding hydrogens is 224 g/mol. The molecule has 1 aromatic rings. The maximum atomic E-state index is 12.2. The molecule has 0 saturated carbocycles. The zero-order chi connectivity index (χ0) is 12.1. The molecule has 0 aliphatic heterocycles. The largest absolute Gasteiger partial charge is 0.397 e. The van der Waals surface area contributed by atoms with E-state index in [0.29, 0.717) is 23.7 Å². The van der Waals surface area contributed by atoms with E-state index in [0.717, 1.165) is 0 Å². The maximum Gasteiger partial charge on any atom is 0.266 e. The van der Waals surface area contributed by atoms with Crippen molar-refractivity contribution in [1.82, 2.24) is 4.90 Å². The van der Waals surface area contributed by atoms with Gasteiger partial charge in [0.1, 0.15) is 4.88 Å². The van der Waals surface area contributed by atoms with E-state index >= 15 is 0 Å². The Bertz CT molecular complexity index is 352. The van der Waals surface area contributed by atoms with Gasteiger partial charge in [0.2, 0.25) is 0 Å². The van der Waals surface area contributed by atoms with Crippen LogP contribution in [0.25, 0.3) is 0 Å². The van der Waals surface area contributed by atoms with Crippen LogP contribution >= 0.6 is 11.3 Å². The average Bonchev–Trinajstić information content (AvgIpc) is 2.65. The summed E-state index contributed by atoms with van der Waals surface area (Å²) in [5.74, 6) is -0.0143. The topological polar surface area (TPSA) is 55.6 Å². The Morgan fingerprint density at radius 2 is 2.38 bits per heavy atom. The first-order chi connectivity index (χ1) is 7.61. The summed E-state index contributed by atoms with van der Waals surface area (Å²) in [5.41, 5.74) is 6.29. The Labute approximate surface area is 100 Å². The van der Waals surface area contributed by atoms with E-state index in [2.05, 4.69) is 0 Å². The predicted molar refractivity (Wildman–Crippen MR) is 66.8 cm³/mol. The molecule has 0 bridgehead atoms. The fraction of sp³-hybridized carbons (Fsp3) is 0.545. The molecule has 90 valence electrons. The summed E-state index contributed by atoms with van der Waals surface area (Å²) >= 11 is 1.38. The van der Waals surface area contributed by atoms with E-state index in [-0.39, 0.29) is 11.9 Å². The number of ether oxygens (including phenoxy) is 1. The van der Waals surface area contributed by atoms with Crippen molar-refractivity contribution in [2.24, 2.45) is 0 Å². The number of hydrogen-bond acceptors (Lipinski definition) is 4. The molecule has 0 aromatic carbocycles. The van der Waals surface area contributed by atoms with Crippen molar-refractivity contribution in [3.63, 3.8) is 0 Å². The minimum Gasteiger partial charge on any atom is -0.397 e. The third-order valence-corrected chi connectivity index (χ3v) is 3.35. The van der Waals surface area contributed by atoms with Gasteiger partial charge in [-0.05, 0) is 25.3 Å². The van der Waals surface area contributed by atoms with Gasteiger partial charge in [-0.2, -0.15) is 0 Å². The summed E-state index contributed by atoms with van der Waals surface area (Å²) in [5, 5.41) is 1.83. The van der Waals surface area contributed by atoms with Gasteiger partial charge < -0.3 is 15.4 Å². The number of methoxy groups -OCH3 is 1. The molecule has 1 atom stereocenters. The third-order valence-electron chi connectivity index (χ3n) is 2.43. The zero-order valence-corrected chi connectivity index (χ0v) is 10.7. The molecule has 1 aromatic heterocycles. The lowest BCUT2D eigenvalue weighted by atomic mass is 10.2. The van der Waals surface area contributed by atoms with Gasteiger partial charge in [-0.15, -0.1) is 11.3 Å². The first-order valence-electron chi connectivity index (χ1n) is 5.24. The lowest BCUT2D eigenvalue weighted by molar-refractivity contribution is 0.0585. The van der Waals surface area contributed by atoms with Gasteiger partial charge in [-0.1, -0.05) is 0 Å². The second kappa shape index (κ2) is 5.86.